The summed E-state index contributed by atoms with van der Waals surface area (Å²) in [4.78, 5) is 11.6. The van der Waals surface area contributed by atoms with E-state index in [2.05, 4.69) is 6.92 Å². The van der Waals surface area contributed by atoms with Crippen LogP contribution < -0.4 is 0 Å². The lowest BCUT2D eigenvalue weighted by Crippen LogP contribution is -2.14. The summed E-state index contributed by atoms with van der Waals surface area (Å²) in [5.41, 5.74) is 0. The van der Waals surface area contributed by atoms with Gasteiger partial charge in [-0.05, 0) is 13.3 Å². The minimum atomic E-state index is -0.123. The van der Waals surface area contributed by atoms with Gasteiger partial charge < -0.3 is 23.7 Å². The summed E-state index contributed by atoms with van der Waals surface area (Å²) < 4.78 is 26.4. The van der Waals surface area contributed by atoms with Crippen LogP contribution in [0.3, 0.4) is 0 Å². The fourth-order valence-corrected chi connectivity index (χ4v) is 2.32. The van der Waals surface area contributed by atoms with Gasteiger partial charge in [-0.3, -0.25) is 4.79 Å². The predicted molar refractivity (Wildman–Crippen MR) is 103 cm³/mol. The number of hydrogen-bond donors (Lipinski definition) is 0. The molecule has 0 atom stereocenters. The van der Waals surface area contributed by atoms with Crippen molar-refractivity contribution in [1.82, 2.24) is 0 Å². The molecule has 156 valence electrons. The van der Waals surface area contributed by atoms with Crippen LogP contribution in [0.5, 0.6) is 0 Å². The topological polar surface area (TPSA) is 63.2 Å². The first-order chi connectivity index (χ1) is 12.8. The van der Waals surface area contributed by atoms with Crippen molar-refractivity contribution in [3.05, 3.63) is 0 Å². The molecule has 0 aliphatic heterocycles. The van der Waals surface area contributed by atoms with E-state index in [-0.39, 0.29) is 5.97 Å². The van der Waals surface area contributed by atoms with Crippen LogP contribution in [0.2, 0.25) is 0 Å². The summed E-state index contributed by atoms with van der Waals surface area (Å²) in [6, 6.07) is 0. The summed E-state index contributed by atoms with van der Waals surface area (Å²) in [5.74, 6) is -0.123. The Balaban J connectivity index is 3.12. The van der Waals surface area contributed by atoms with Crippen LogP contribution in [0.15, 0.2) is 0 Å². The Hall–Kier alpha value is -0.690. The molecule has 0 spiro atoms. The van der Waals surface area contributed by atoms with E-state index < -0.39 is 0 Å². The maximum atomic E-state index is 11.6. The van der Waals surface area contributed by atoms with Gasteiger partial charge in [0, 0.05) is 13.0 Å². The van der Waals surface area contributed by atoms with Gasteiger partial charge in [0.15, 0.2) is 0 Å². The van der Waals surface area contributed by atoms with Crippen molar-refractivity contribution in [2.75, 3.05) is 59.5 Å². The van der Waals surface area contributed by atoms with Crippen LogP contribution in [0, 0.1) is 0 Å². The molecule has 0 saturated carbocycles. The van der Waals surface area contributed by atoms with Crippen LogP contribution in [0.25, 0.3) is 0 Å². The summed E-state index contributed by atoms with van der Waals surface area (Å²) >= 11 is 0. The second-order valence-electron chi connectivity index (χ2n) is 6.13. The molecule has 0 bridgehead atoms. The molecule has 0 N–H and O–H groups in total. The van der Waals surface area contributed by atoms with E-state index >= 15 is 0 Å². The fraction of sp³-hybridized carbons (Fsp3) is 0.950. The van der Waals surface area contributed by atoms with Crippen molar-refractivity contribution >= 4 is 5.97 Å². The van der Waals surface area contributed by atoms with Crippen molar-refractivity contribution in [2.24, 2.45) is 0 Å². The molecule has 0 fully saturated rings. The van der Waals surface area contributed by atoms with E-state index in [9.17, 15) is 4.79 Å². The Labute approximate surface area is 159 Å². The first-order valence-electron chi connectivity index (χ1n) is 10.3. The Morgan fingerprint density at radius 3 is 1.58 bits per heavy atom. The van der Waals surface area contributed by atoms with Gasteiger partial charge in [-0.2, -0.15) is 0 Å². The highest BCUT2D eigenvalue weighted by Gasteiger charge is 2.02. The molecule has 0 aliphatic rings. The molecular formula is C20H40O6. The zero-order valence-electron chi connectivity index (χ0n) is 17.0. The number of unbranched alkanes of at least 4 members (excludes halogenated alkanes) is 6. The van der Waals surface area contributed by atoms with E-state index in [4.69, 9.17) is 23.7 Å². The van der Waals surface area contributed by atoms with E-state index in [0.29, 0.717) is 65.9 Å². The van der Waals surface area contributed by atoms with E-state index in [1.54, 1.807) is 0 Å². The van der Waals surface area contributed by atoms with Gasteiger partial charge in [0.2, 0.25) is 0 Å². The standard InChI is InChI=1S/C20H40O6/c1-3-5-6-7-8-9-10-11-20(21)26-19-18-25-17-16-24-15-14-23-13-12-22-4-2/h3-19H2,1-2H3. The number of rotatable bonds is 21. The van der Waals surface area contributed by atoms with Crippen molar-refractivity contribution in [2.45, 2.75) is 65.2 Å². The Kier molecular flexibility index (Phi) is 21.8. The Morgan fingerprint density at radius 2 is 1.04 bits per heavy atom. The number of ether oxygens (including phenoxy) is 5. The molecule has 0 aromatic heterocycles. The molecule has 0 heterocycles. The van der Waals surface area contributed by atoms with Crippen LogP contribution in [-0.4, -0.2) is 65.4 Å². The normalized spacial score (nSPS) is 11.0. The lowest BCUT2D eigenvalue weighted by atomic mass is 10.1. The van der Waals surface area contributed by atoms with Gasteiger partial charge in [0.1, 0.15) is 6.61 Å². The first-order valence-corrected chi connectivity index (χ1v) is 10.3. The minimum Gasteiger partial charge on any atom is -0.463 e. The average molecular weight is 377 g/mol. The smallest absolute Gasteiger partial charge is 0.305 e. The third-order valence-electron chi connectivity index (χ3n) is 3.80. The van der Waals surface area contributed by atoms with Gasteiger partial charge in [0.25, 0.3) is 0 Å². The molecule has 6 nitrogen and oxygen atoms in total. The quantitative estimate of drug-likeness (QED) is 0.224. The number of carbonyl (C=O) groups excluding carboxylic acids is 1. The third kappa shape index (κ3) is 21.4. The molecule has 0 aromatic carbocycles. The molecule has 0 saturated heterocycles. The highest BCUT2D eigenvalue weighted by Crippen LogP contribution is 2.08. The second-order valence-corrected chi connectivity index (χ2v) is 6.13. The zero-order chi connectivity index (χ0) is 19.1. The maximum Gasteiger partial charge on any atom is 0.305 e. The molecule has 0 rings (SSSR count). The average Bonchev–Trinajstić information content (AvgIpc) is 2.64. The summed E-state index contributed by atoms with van der Waals surface area (Å²) in [6.07, 6.45) is 8.93. The largest absolute Gasteiger partial charge is 0.463 e. The predicted octanol–water partition coefficient (Wildman–Crippen LogP) is 3.76. The Bertz CT molecular complexity index is 285. The van der Waals surface area contributed by atoms with Crippen molar-refractivity contribution in [3.63, 3.8) is 0 Å². The fourth-order valence-electron chi connectivity index (χ4n) is 2.32. The third-order valence-corrected chi connectivity index (χ3v) is 3.80. The van der Waals surface area contributed by atoms with Crippen LogP contribution >= 0.6 is 0 Å². The van der Waals surface area contributed by atoms with E-state index in [1.807, 2.05) is 6.92 Å². The molecular weight excluding hydrogens is 336 g/mol. The van der Waals surface area contributed by atoms with Crippen LogP contribution in [-0.2, 0) is 28.5 Å². The van der Waals surface area contributed by atoms with Crippen molar-refractivity contribution < 1.29 is 28.5 Å². The number of hydrogen-bond acceptors (Lipinski definition) is 6. The first kappa shape index (κ1) is 25.3. The molecule has 0 amide bonds. The number of esters is 1. The lowest BCUT2D eigenvalue weighted by molar-refractivity contribution is -0.145. The van der Waals surface area contributed by atoms with Crippen LogP contribution in [0.4, 0.5) is 0 Å². The summed E-state index contributed by atoms with van der Waals surface area (Å²) in [5, 5.41) is 0. The van der Waals surface area contributed by atoms with Gasteiger partial charge in [-0.25, -0.2) is 0 Å². The van der Waals surface area contributed by atoms with Gasteiger partial charge >= 0.3 is 5.97 Å². The summed E-state index contributed by atoms with van der Waals surface area (Å²) in [6.45, 7) is 8.95. The maximum absolute atomic E-state index is 11.6. The Morgan fingerprint density at radius 1 is 0.577 bits per heavy atom. The monoisotopic (exact) mass is 376 g/mol. The van der Waals surface area contributed by atoms with Gasteiger partial charge in [-0.1, -0.05) is 45.4 Å². The summed E-state index contributed by atoms with van der Waals surface area (Å²) in [7, 11) is 0. The van der Waals surface area contributed by atoms with Gasteiger partial charge in [0.05, 0.1) is 46.2 Å². The number of carbonyl (C=O) groups is 1. The van der Waals surface area contributed by atoms with Crippen molar-refractivity contribution in [3.8, 4) is 0 Å². The van der Waals surface area contributed by atoms with Gasteiger partial charge in [-0.15, -0.1) is 0 Å². The molecule has 0 unspecified atom stereocenters. The lowest BCUT2D eigenvalue weighted by Gasteiger charge is -2.08. The second kappa shape index (κ2) is 22.4. The van der Waals surface area contributed by atoms with E-state index in [1.165, 1.54) is 32.1 Å². The molecule has 0 radical (unpaired) electrons. The molecule has 26 heavy (non-hydrogen) atoms. The highest BCUT2D eigenvalue weighted by atomic mass is 16.6. The SMILES string of the molecule is CCCCCCCCCC(=O)OCCOCCOCCOCCOCC. The zero-order valence-corrected chi connectivity index (χ0v) is 17.0. The van der Waals surface area contributed by atoms with Crippen molar-refractivity contribution in [1.29, 1.82) is 0 Å². The molecule has 6 heteroatoms. The van der Waals surface area contributed by atoms with E-state index in [0.717, 1.165) is 12.8 Å². The molecule has 0 aromatic rings. The highest BCUT2D eigenvalue weighted by molar-refractivity contribution is 5.69. The molecule has 0 aliphatic carbocycles. The van der Waals surface area contributed by atoms with Crippen LogP contribution in [0.1, 0.15) is 65.2 Å². The minimum absolute atomic E-state index is 0.123.